The van der Waals surface area contributed by atoms with Crippen molar-refractivity contribution >= 4 is 58.9 Å². The third kappa shape index (κ3) is 5.52. The van der Waals surface area contributed by atoms with Crippen molar-refractivity contribution in [2.45, 2.75) is 41.5 Å². The molecule has 0 bridgehead atoms. The first-order chi connectivity index (χ1) is 15.1. The first-order valence-corrected chi connectivity index (χ1v) is 14.4. The average Bonchev–Trinajstić information content (AvgIpc) is 2.72. The van der Waals surface area contributed by atoms with Crippen molar-refractivity contribution in [2.24, 2.45) is 9.98 Å². The quantitative estimate of drug-likeness (QED) is 0.219. The van der Waals surface area contributed by atoms with Crippen LogP contribution in [-0.4, -0.2) is 11.4 Å². The van der Waals surface area contributed by atoms with Gasteiger partial charge in [0, 0.05) is 0 Å². The predicted molar refractivity (Wildman–Crippen MR) is 137 cm³/mol. The predicted octanol–water partition coefficient (Wildman–Crippen LogP) is 7.94. The van der Waals surface area contributed by atoms with Crippen LogP contribution in [0.25, 0.3) is 0 Å². The molecule has 0 aliphatic heterocycles. The van der Waals surface area contributed by atoms with Crippen LogP contribution in [0, 0.1) is 27.7 Å². The minimum atomic E-state index is -1.70. The molecule has 0 saturated carbocycles. The third-order valence-electron chi connectivity index (χ3n) is 5.18. The van der Waals surface area contributed by atoms with Gasteiger partial charge in [-0.25, -0.2) is 0 Å². The number of para-hydroxylation sites is 1. The first-order valence-electron chi connectivity index (χ1n) is 10.1. The molecular weight excluding hydrogens is 549 g/mol. The molecule has 32 heavy (non-hydrogen) atoms. The van der Waals surface area contributed by atoms with Crippen LogP contribution in [0.15, 0.2) is 63.0 Å². The van der Waals surface area contributed by atoms with Crippen LogP contribution in [0.5, 0.6) is 0 Å². The number of nitrogens with zero attached hydrogens (tertiary/aromatic N) is 3. The first kappa shape index (κ1) is 25.1. The Labute approximate surface area is 211 Å². The maximum atomic E-state index is 6.55. The van der Waals surface area contributed by atoms with Crippen molar-refractivity contribution in [3.8, 4) is 0 Å². The molecule has 0 fully saturated rings. The number of rotatable bonds is 5. The van der Waals surface area contributed by atoms with E-state index in [9.17, 15) is 0 Å². The van der Waals surface area contributed by atoms with E-state index in [0.29, 0.717) is 0 Å². The van der Waals surface area contributed by atoms with Gasteiger partial charge in [0.2, 0.25) is 0 Å². The molecule has 3 aromatic rings. The second-order valence-electron chi connectivity index (χ2n) is 7.78. The Balaban J connectivity index is 2.16. The minimum absolute atomic E-state index is 0.832. The van der Waals surface area contributed by atoms with Crippen LogP contribution in [0.3, 0.4) is 0 Å². The van der Waals surface area contributed by atoms with E-state index < -0.39 is 12.3 Å². The number of hydrogen-bond donors (Lipinski definition) is 0. The van der Waals surface area contributed by atoms with Gasteiger partial charge in [0.1, 0.15) is 0 Å². The van der Waals surface area contributed by atoms with Crippen molar-refractivity contribution in [3.05, 3.63) is 86.6 Å². The zero-order valence-corrected chi connectivity index (χ0v) is 23.1. The molecule has 169 valence electrons. The fourth-order valence-electron chi connectivity index (χ4n) is 3.62. The third-order valence-corrected chi connectivity index (χ3v) is 7.67. The molecule has 0 N–H and O–H groups in total. The Morgan fingerprint density at radius 1 is 0.781 bits per heavy atom. The van der Waals surface area contributed by atoms with Gasteiger partial charge >= 0.3 is 213 Å². The van der Waals surface area contributed by atoms with Crippen LogP contribution in [-0.2, 0) is 12.3 Å². The Bertz CT molecular complexity index is 1190. The molecule has 0 aliphatic rings. The molecule has 0 saturated heterocycles. The molecule has 3 rings (SSSR count). The molecular formula is C25H26BrCl2FeN3+. The molecule has 0 radical (unpaired) electrons. The van der Waals surface area contributed by atoms with Gasteiger partial charge in [0.15, 0.2) is 0 Å². The zero-order valence-electron chi connectivity index (χ0n) is 18.9. The summed E-state index contributed by atoms with van der Waals surface area (Å²) in [6.45, 7) is 12.2. The maximum absolute atomic E-state index is 6.55. The summed E-state index contributed by atoms with van der Waals surface area (Å²) in [5.41, 5.74) is 9.86. The fraction of sp³-hybridized carbons (Fsp3) is 0.240. The summed E-state index contributed by atoms with van der Waals surface area (Å²) in [4.78, 5) is 9.87. The summed E-state index contributed by atoms with van der Waals surface area (Å²) in [5.74, 6) is 0. The number of aryl methyl sites for hydroxylation is 4. The summed E-state index contributed by atoms with van der Waals surface area (Å²) in [6.07, 6.45) is 0. The number of aliphatic imine (C=N–C) groups is 2. The van der Waals surface area contributed by atoms with Crippen LogP contribution in [0.4, 0.5) is 11.4 Å². The van der Waals surface area contributed by atoms with Gasteiger partial charge in [-0.05, 0) is 0 Å². The van der Waals surface area contributed by atoms with Gasteiger partial charge in [-0.2, -0.15) is 0 Å². The van der Waals surface area contributed by atoms with Crippen LogP contribution >= 0.6 is 36.1 Å². The number of aromatic nitrogens is 1. The summed E-state index contributed by atoms with van der Waals surface area (Å²) in [6, 6.07) is 16.4. The zero-order chi connectivity index (χ0) is 23.6. The molecule has 2 aromatic carbocycles. The Hall–Kier alpha value is -1.49. The van der Waals surface area contributed by atoms with E-state index in [2.05, 4.69) is 67.9 Å². The molecule has 0 amide bonds. The van der Waals surface area contributed by atoms with Crippen molar-refractivity contribution in [3.63, 3.8) is 0 Å². The van der Waals surface area contributed by atoms with Gasteiger partial charge in [-0.3, -0.25) is 0 Å². The van der Waals surface area contributed by atoms with Crippen LogP contribution < -0.4 is 3.58 Å². The molecule has 0 spiro atoms. The van der Waals surface area contributed by atoms with Gasteiger partial charge in [-0.1, -0.05) is 0 Å². The van der Waals surface area contributed by atoms with Gasteiger partial charge in [0.25, 0.3) is 0 Å². The second-order valence-corrected chi connectivity index (χ2v) is 12.3. The van der Waals surface area contributed by atoms with Crippen LogP contribution in [0.1, 0.15) is 47.5 Å². The van der Waals surface area contributed by atoms with Crippen molar-refractivity contribution in [1.82, 2.24) is 0 Å². The fourth-order valence-corrected chi connectivity index (χ4v) is 6.36. The van der Waals surface area contributed by atoms with E-state index >= 15 is 0 Å². The van der Waals surface area contributed by atoms with Gasteiger partial charge < -0.3 is 0 Å². The molecule has 7 heteroatoms. The molecule has 1 aromatic heterocycles. The molecule has 0 aliphatic carbocycles. The number of pyridine rings is 1. The van der Waals surface area contributed by atoms with Crippen LogP contribution in [0.2, 0.25) is 0 Å². The number of halogens is 3. The standard InChI is InChI=1S/C25H26BrN3.2ClH.Fe/c1-15-13-18(4)25(21(26)14-15)28-20(6)23-12-8-11-22(29-23)19(5)27-24-16(2)9-7-10-17(24)3;;;/h7-14H,1-6H3;2*1H;/q;;;+3/p-2. The monoisotopic (exact) mass is 573 g/mol. The summed E-state index contributed by atoms with van der Waals surface area (Å²) in [5, 5.41) is 0. The van der Waals surface area contributed by atoms with Crippen molar-refractivity contribution < 1.29 is 15.9 Å². The SMILES string of the molecule is CC(=Nc1c(C)cccc1C)c1cccc(C(C)=Nc2c(C)cc(C)cc2Br)[n+]1[Fe]([Cl])[Cl]. The number of benzene rings is 2. The summed E-state index contributed by atoms with van der Waals surface area (Å²) >= 11 is 1.95. The Morgan fingerprint density at radius 3 is 1.78 bits per heavy atom. The van der Waals surface area contributed by atoms with E-state index in [1.165, 1.54) is 5.56 Å². The summed E-state index contributed by atoms with van der Waals surface area (Å²) < 4.78 is 2.91. The second kappa shape index (κ2) is 10.6. The Morgan fingerprint density at radius 2 is 1.28 bits per heavy atom. The van der Waals surface area contributed by atoms with Gasteiger partial charge in [0.05, 0.1) is 0 Å². The Kier molecular flexibility index (Phi) is 8.35. The molecule has 0 atom stereocenters. The van der Waals surface area contributed by atoms with Crippen molar-refractivity contribution in [1.29, 1.82) is 0 Å². The van der Waals surface area contributed by atoms with E-state index in [0.717, 1.165) is 55.3 Å². The van der Waals surface area contributed by atoms with E-state index in [-0.39, 0.29) is 0 Å². The topological polar surface area (TPSA) is 28.6 Å². The number of hydrogen-bond acceptors (Lipinski definition) is 2. The molecule has 3 nitrogen and oxygen atoms in total. The van der Waals surface area contributed by atoms with Crippen molar-refractivity contribution in [2.75, 3.05) is 0 Å². The molecule has 0 unspecified atom stereocenters. The van der Waals surface area contributed by atoms with E-state index in [4.69, 9.17) is 30.2 Å². The normalized spacial score (nSPS) is 12.8. The average molecular weight is 575 g/mol. The summed E-state index contributed by atoms with van der Waals surface area (Å²) in [7, 11) is 13.1. The molecule has 1 heterocycles. The van der Waals surface area contributed by atoms with E-state index in [1.54, 1.807) is 0 Å². The van der Waals surface area contributed by atoms with E-state index in [1.807, 2.05) is 41.7 Å². The van der Waals surface area contributed by atoms with Gasteiger partial charge in [-0.15, -0.1) is 0 Å².